The lowest BCUT2D eigenvalue weighted by Crippen LogP contribution is -2.64. The molecule has 1 N–H and O–H groups in total. The van der Waals surface area contributed by atoms with Gasteiger partial charge in [-0.05, 0) is 37.3 Å². The molecule has 6 heteroatoms. The minimum absolute atomic E-state index is 0.0256. The van der Waals surface area contributed by atoms with E-state index in [-0.39, 0.29) is 5.60 Å². The van der Waals surface area contributed by atoms with Gasteiger partial charge < -0.3 is 14.8 Å². The van der Waals surface area contributed by atoms with Crippen molar-refractivity contribution >= 4 is 5.95 Å². The highest BCUT2D eigenvalue weighted by Crippen LogP contribution is 2.42. The van der Waals surface area contributed by atoms with Crippen LogP contribution in [0.15, 0.2) is 36.7 Å². The number of hydrogen-bond donors (Lipinski definition) is 1. The molecular weight excluding hydrogens is 340 g/mol. The average molecular weight is 368 g/mol. The Kier molecular flexibility index (Phi) is 5.27. The van der Waals surface area contributed by atoms with Crippen molar-refractivity contribution in [3.63, 3.8) is 0 Å². The first-order valence-electron chi connectivity index (χ1n) is 9.69. The topological polar surface area (TPSA) is 59.5 Å². The van der Waals surface area contributed by atoms with Gasteiger partial charge in [-0.1, -0.05) is 18.2 Å². The van der Waals surface area contributed by atoms with Crippen LogP contribution < -0.4 is 10.1 Å². The number of ether oxygens (including phenoxy) is 2. The molecule has 3 heterocycles. The highest BCUT2D eigenvalue weighted by Gasteiger charge is 2.52. The van der Waals surface area contributed by atoms with Crippen LogP contribution in [0.1, 0.15) is 24.0 Å². The third kappa shape index (κ3) is 3.92. The van der Waals surface area contributed by atoms with E-state index in [1.165, 1.54) is 5.56 Å². The summed E-state index contributed by atoms with van der Waals surface area (Å²) in [4.78, 5) is 11.1. The molecule has 1 spiro atoms. The van der Waals surface area contributed by atoms with Gasteiger partial charge in [0.05, 0.1) is 12.7 Å². The van der Waals surface area contributed by atoms with E-state index < -0.39 is 0 Å². The zero-order valence-electron chi connectivity index (χ0n) is 16.1. The number of hydrogen-bond acceptors (Lipinski definition) is 6. The smallest absolute Gasteiger partial charge is 0.222 e. The van der Waals surface area contributed by atoms with Gasteiger partial charge >= 0.3 is 0 Å². The minimum atomic E-state index is 0.0256. The van der Waals surface area contributed by atoms with Crippen LogP contribution >= 0.6 is 0 Å². The SMILES string of the molecule is COc1ccccc1CN1CC2(C1)OCC[C@H]2CCNc1ncc(C)cn1. The fourth-order valence-electron chi connectivity index (χ4n) is 4.28. The highest BCUT2D eigenvalue weighted by atomic mass is 16.5. The largest absolute Gasteiger partial charge is 0.496 e. The summed E-state index contributed by atoms with van der Waals surface area (Å²) >= 11 is 0. The molecular formula is C21H28N4O2. The van der Waals surface area contributed by atoms with Gasteiger partial charge in [0.2, 0.25) is 5.95 Å². The first kappa shape index (κ1) is 18.2. The first-order valence-corrected chi connectivity index (χ1v) is 9.69. The predicted molar refractivity (Wildman–Crippen MR) is 105 cm³/mol. The molecule has 0 bridgehead atoms. The van der Waals surface area contributed by atoms with Crippen LogP contribution in [0.2, 0.25) is 0 Å². The molecule has 2 aliphatic heterocycles. The molecule has 0 saturated carbocycles. The molecule has 0 aliphatic carbocycles. The molecule has 6 nitrogen and oxygen atoms in total. The van der Waals surface area contributed by atoms with Gasteiger partial charge in [0.1, 0.15) is 5.75 Å². The number of methoxy groups -OCH3 is 1. The van der Waals surface area contributed by atoms with Crippen LogP contribution in [0, 0.1) is 12.8 Å². The van der Waals surface area contributed by atoms with E-state index in [2.05, 4.69) is 32.3 Å². The Morgan fingerprint density at radius 1 is 1.26 bits per heavy atom. The summed E-state index contributed by atoms with van der Waals surface area (Å²) in [7, 11) is 1.73. The van der Waals surface area contributed by atoms with Crippen molar-refractivity contribution in [3.05, 3.63) is 47.8 Å². The Morgan fingerprint density at radius 3 is 2.81 bits per heavy atom. The number of benzene rings is 1. The third-order valence-electron chi connectivity index (χ3n) is 5.73. The van der Waals surface area contributed by atoms with Crippen molar-refractivity contribution in [2.45, 2.75) is 31.9 Å². The Balaban J connectivity index is 1.28. The number of likely N-dealkylation sites (tertiary alicyclic amines) is 1. The molecule has 2 saturated heterocycles. The maximum atomic E-state index is 6.20. The van der Waals surface area contributed by atoms with E-state index in [1.54, 1.807) is 7.11 Å². The van der Waals surface area contributed by atoms with Gasteiger partial charge in [-0.25, -0.2) is 9.97 Å². The summed E-state index contributed by atoms with van der Waals surface area (Å²) in [6.45, 7) is 6.65. The summed E-state index contributed by atoms with van der Waals surface area (Å²) in [5.41, 5.74) is 2.34. The molecule has 2 aliphatic rings. The standard InChI is InChI=1S/C21H28N4O2/c1-16-11-23-20(24-12-16)22-9-7-18-8-10-27-21(18)14-25(15-21)13-17-5-3-4-6-19(17)26-2/h3-6,11-12,18H,7-10,13-15H2,1-2H3,(H,22,23,24)/t18-/m1/s1. The predicted octanol–water partition coefficient (Wildman–Crippen LogP) is 2.89. The summed E-state index contributed by atoms with van der Waals surface area (Å²) < 4.78 is 11.7. The number of aryl methyl sites for hydroxylation is 1. The summed E-state index contributed by atoms with van der Waals surface area (Å²) in [5.74, 6) is 2.26. The number of aromatic nitrogens is 2. The van der Waals surface area contributed by atoms with Crippen LogP contribution in [0.5, 0.6) is 5.75 Å². The maximum absolute atomic E-state index is 6.20. The Morgan fingerprint density at radius 2 is 2.04 bits per heavy atom. The zero-order chi connectivity index (χ0) is 18.7. The maximum Gasteiger partial charge on any atom is 0.222 e. The molecule has 1 aromatic carbocycles. The van der Waals surface area contributed by atoms with Crippen LogP contribution in [-0.4, -0.2) is 53.8 Å². The van der Waals surface area contributed by atoms with Crippen molar-refractivity contribution in [2.75, 3.05) is 38.7 Å². The van der Waals surface area contributed by atoms with Gasteiger partial charge in [0, 0.05) is 50.7 Å². The average Bonchev–Trinajstić information content (AvgIpc) is 3.07. The zero-order valence-corrected chi connectivity index (χ0v) is 16.1. The molecule has 1 atom stereocenters. The van der Waals surface area contributed by atoms with Crippen molar-refractivity contribution in [2.24, 2.45) is 5.92 Å². The second-order valence-corrected chi connectivity index (χ2v) is 7.66. The van der Waals surface area contributed by atoms with E-state index in [0.717, 1.165) is 56.9 Å². The lowest BCUT2D eigenvalue weighted by atomic mass is 9.78. The van der Waals surface area contributed by atoms with Crippen molar-refractivity contribution in [1.82, 2.24) is 14.9 Å². The van der Waals surface area contributed by atoms with Crippen LogP contribution in [0.3, 0.4) is 0 Å². The molecule has 4 rings (SSSR count). The monoisotopic (exact) mass is 368 g/mol. The second kappa shape index (κ2) is 7.82. The molecule has 144 valence electrons. The molecule has 0 unspecified atom stereocenters. The number of nitrogens with zero attached hydrogens (tertiary/aromatic N) is 3. The number of para-hydroxylation sites is 1. The van der Waals surface area contributed by atoms with Crippen LogP contribution in [0.4, 0.5) is 5.95 Å². The summed E-state index contributed by atoms with van der Waals surface area (Å²) in [6.07, 6.45) is 5.91. The molecule has 0 radical (unpaired) electrons. The van der Waals surface area contributed by atoms with E-state index in [0.29, 0.717) is 11.9 Å². The van der Waals surface area contributed by atoms with Gasteiger partial charge in [-0.2, -0.15) is 0 Å². The Hall–Kier alpha value is -2.18. The van der Waals surface area contributed by atoms with Gasteiger partial charge in [0.25, 0.3) is 0 Å². The van der Waals surface area contributed by atoms with Crippen molar-refractivity contribution in [3.8, 4) is 5.75 Å². The molecule has 2 fully saturated rings. The van der Waals surface area contributed by atoms with Crippen LogP contribution in [-0.2, 0) is 11.3 Å². The van der Waals surface area contributed by atoms with Gasteiger partial charge in [-0.3, -0.25) is 4.90 Å². The Bertz CT molecular complexity index is 759. The van der Waals surface area contributed by atoms with Gasteiger partial charge in [0.15, 0.2) is 0 Å². The quantitative estimate of drug-likeness (QED) is 0.811. The van der Waals surface area contributed by atoms with Gasteiger partial charge in [-0.15, -0.1) is 0 Å². The van der Waals surface area contributed by atoms with E-state index in [1.807, 2.05) is 31.5 Å². The summed E-state index contributed by atoms with van der Waals surface area (Å²) in [5, 5.41) is 3.34. The number of nitrogens with one attached hydrogen (secondary N) is 1. The minimum Gasteiger partial charge on any atom is -0.496 e. The molecule has 0 amide bonds. The lowest BCUT2D eigenvalue weighted by molar-refractivity contribution is -0.136. The molecule has 1 aromatic heterocycles. The second-order valence-electron chi connectivity index (χ2n) is 7.66. The number of rotatable bonds is 7. The molecule has 2 aromatic rings. The normalized spacial score (nSPS) is 21.2. The van der Waals surface area contributed by atoms with E-state index in [9.17, 15) is 0 Å². The Labute approximate surface area is 160 Å². The third-order valence-corrected chi connectivity index (χ3v) is 5.73. The number of anilines is 1. The van der Waals surface area contributed by atoms with E-state index >= 15 is 0 Å². The fourth-order valence-corrected chi connectivity index (χ4v) is 4.28. The van der Waals surface area contributed by atoms with E-state index in [4.69, 9.17) is 9.47 Å². The van der Waals surface area contributed by atoms with Crippen molar-refractivity contribution < 1.29 is 9.47 Å². The lowest BCUT2D eigenvalue weighted by Gasteiger charge is -2.50. The molecule has 27 heavy (non-hydrogen) atoms. The first-order chi connectivity index (χ1) is 13.2. The van der Waals surface area contributed by atoms with Crippen molar-refractivity contribution in [1.29, 1.82) is 0 Å². The highest BCUT2D eigenvalue weighted by molar-refractivity contribution is 5.33. The summed E-state index contributed by atoms with van der Waals surface area (Å²) in [6, 6.07) is 8.25. The van der Waals surface area contributed by atoms with Crippen LogP contribution in [0.25, 0.3) is 0 Å². The fraction of sp³-hybridized carbons (Fsp3) is 0.524.